The maximum absolute atomic E-state index is 14.6. The van der Waals surface area contributed by atoms with Gasteiger partial charge in [0.2, 0.25) is 0 Å². The van der Waals surface area contributed by atoms with Gasteiger partial charge in [0, 0.05) is 34.9 Å². The van der Waals surface area contributed by atoms with Crippen molar-refractivity contribution >= 4 is 17.5 Å². The molecular weight excluding hydrogens is 340 g/mol. The molecule has 2 unspecified atom stereocenters. The van der Waals surface area contributed by atoms with Crippen LogP contribution in [0.1, 0.15) is 45.1 Å². The topological polar surface area (TPSA) is 55.7 Å². The third-order valence-electron chi connectivity index (χ3n) is 5.07. The van der Waals surface area contributed by atoms with E-state index in [0.29, 0.717) is 17.8 Å². The molecule has 0 bridgehead atoms. The molecule has 0 saturated heterocycles. The number of aliphatic imine (C=N–C) groups is 1. The van der Waals surface area contributed by atoms with E-state index in [1.54, 1.807) is 6.92 Å². The number of ether oxygens (including phenoxy) is 1. The molecule has 6 heteroatoms. The SMILES string of the molecule is COC(=O)C1C(C)=NC2=C(C(=O)CC(C)(C)C2)C1c1c(F)cccc1F. The van der Waals surface area contributed by atoms with Crippen molar-refractivity contribution < 1.29 is 23.1 Å². The standard InChI is InChI=1S/C20H21F2NO3/c1-10-15(19(25)26-4)18(16-11(21)6-5-7-12(16)22)17-13(23-10)8-20(2,3)9-14(17)24/h5-7,15,18H,8-9H2,1-4H3. The Morgan fingerprint density at radius 1 is 1.23 bits per heavy atom. The highest BCUT2D eigenvalue weighted by atomic mass is 19.1. The molecule has 0 saturated carbocycles. The highest BCUT2D eigenvalue weighted by molar-refractivity contribution is 6.09. The summed E-state index contributed by atoms with van der Waals surface area (Å²) in [6, 6.07) is 3.52. The van der Waals surface area contributed by atoms with Crippen LogP contribution in [0.3, 0.4) is 0 Å². The number of nitrogens with zero attached hydrogens (tertiary/aromatic N) is 1. The van der Waals surface area contributed by atoms with Crippen LogP contribution in [0.25, 0.3) is 0 Å². The van der Waals surface area contributed by atoms with Crippen molar-refractivity contribution in [1.29, 1.82) is 0 Å². The van der Waals surface area contributed by atoms with Crippen molar-refractivity contribution in [2.45, 2.75) is 39.5 Å². The van der Waals surface area contributed by atoms with E-state index in [9.17, 15) is 18.4 Å². The molecule has 26 heavy (non-hydrogen) atoms. The number of carbonyl (C=O) groups is 2. The molecule has 138 valence electrons. The van der Waals surface area contributed by atoms with Gasteiger partial charge in [-0.1, -0.05) is 19.9 Å². The summed E-state index contributed by atoms with van der Waals surface area (Å²) >= 11 is 0. The second-order valence-electron chi connectivity index (χ2n) is 7.67. The summed E-state index contributed by atoms with van der Waals surface area (Å²) in [6.45, 7) is 5.53. The lowest BCUT2D eigenvalue weighted by molar-refractivity contribution is -0.143. The Hall–Kier alpha value is -2.37. The molecule has 1 heterocycles. The van der Waals surface area contributed by atoms with E-state index in [1.165, 1.54) is 13.2 Å². The lowest BCUT2D eigenvalue weighted by atomic mass is 9.66. The summed E-state index contributed by atoms with van der Waals surface area (Å²) in [5.74, 6) is -4.57. The summed E-state index contributed by atoms with van der Waals surface area (Å²) in [6.07, 6.45) is 0.743. The van der Waals surface area contributed by atoms with Crippen molar-refractivity contribution in [3.63, 3.8) is 0 Å². The minimum atomic E-state index is -1.07. The molecule has 2 atom stereocenters. The Bertz CT molecular complexity index is 834. The quantitative estimate of drug-likeness (QED) is 0.750. The maximum atomic E-state index is 14.6. The monoisotopic (exact) mass is 361 g/mol. The Balaban J connectivity index is 2.28. The van der Waals surface area contributed by atoms with E-state index in [4.69, 9.17) is 4.74 Å². The fraction of sp³-hybridized carbons (Fsp3) is 0.450. The van der Waals surface area contributed by atoms with Crippen LogP contribution in [-0.4, -0.2) is 24.6 Å². The first kappa shape index (κ1) is 18.4. The third kappa shape index (κ3) is 2.97. The van der Waals surface area contributed by atoms with Crippen LogP contribution >= 0.6 is 0 Å². The molecule has 1 aromatic carbocycles. The number of allylic oxidation sites excluding steroid dienone is 2. The zero-order valence-electron chi connectivity index (χ0n) is 15.2. The Morgan fingerprint density at radius 2 is 1.85 bits per heavy atom. The average Bonchev–Trinajstić information content (AvgIpc) is 2.52. The highest BCUT2D eigenvalue weighted by Gasteiger charge is 2.47. The van der Waals surface area contributed by atoms with Gasteiger partial charge in [-0.05, 0) is 30.9 Å². The first-order chi connectivity index (χ1) is 12.2. The first-order valence-electron chi connectivity index (χ1n) is 8.49. The zero-order chi connectivity index (χ0) is 19.2. The average molecular weight is 361 g/mol. The number of carbonyl (C=O) groups excluding carboxylic acids is 2. The lowest BCUT2D eigenvalue weighted by Crippen LogP contribution is -2.40. The van der Waals surface area contributed by atoms with E-state index < -0.39 is 29.4 Å². The summed E-state index contributed by atoms with van der Waals surface area (Å²) in [5.41, 5.74) is 0.563. The van der Waals surface area contributed by atoms with Crippen LogP contribution in [-0.2, 0) is 14.3 Å². The predicted octanol–water partition coefficient (Wildman–Crippen LogP) is 3.96. The van der Waals surface area contributed by atoms with Crippen molar-refractivity contribution in [1.82, 2.24) is 0 Å². The third-order valence-corrected chi connectivity index (χ3v) is 5.07. The number of rotatable bonds is 2. The van der Waals surface area contributed by atoms with Gasteiger partial charge in [0.1, 0.15) is 17.6 Å². The molecule has 1 aliphatic heterocycles. The second kappa shape index (κ2) is 6.41. The Labute approximate surface area is 151 Å². The molecule has 1 aromatic rings. The van der Waals surface area contributed by atoms with Crippen LogP contribution in [0.2, 0.25) is 0 Å². The summed E-state index contributed by atoms with van der Waals surface area (Å²) < 4.78 is 34.0. The van der Waals surface area contributed by atoms with E-state index >= 15 is 0 Å². The van der Waals surface area contributed by atoms with Gasteiger partial charge >= 0.3 is 5.97 Å². The summed E-state index contributed by atoms with van der Waals surface area (Å²) in [7, 11) is 1.21. The molecule has 0 N–H and O–H groups in total. The number of Topliss-reactive ketones (excluding diaryl/α,β-unsaturated/α-hetero) is 1. The van der Waals surface area contributed by atoms with Gasteiger partial charge in [0.25, 0.3) is 0 Å². The molecule has 0 aromatic heterocycles. The summed E-state index contributed by atoms with van der Waals surface area (Å²) in [4.78, 5) is 29.8. The van der Waals surface area contributed by atoms with E-state index in [1.807, 2.05) is 13.8 Å². The van der Waals surface area contributed by atoms with E-state index in [0.717, 1.165) is 12.1 Å². The molecule has 0 amide bonds. The van der Waals surface area contributed by atoms with Crippen molar-refractivity contribution in [3.8, 4) is 0 Å². The van der Waals surface area contributed by atoms with Crippen LogP contribution in [0, 0.1) is 23.0 Å². The van der Waals surface area contributed by atoms with Crippen LogP contribution in [0.5, 0.6) is 0 Å². The van der Waals surface area contributed by atoms with E-state index in [2.05, 4.69) is 4.99 Å². The van der Waals surface area contributed by atoms with Gasteiger partial charge in [0.15, 0.2) is 5.78 Å². The van der Waals surface area contributed by atoms with Crippen LogP contribution in [0.15, 0.2) is 34.5 Å². The molecule has 2 aliphatic rings. The number of benzene rings is 1. The van der Waals surface area contributed by atoms with Crippen LogP contribution < -0.4 is 0 Å². The second-order valence-corrected chi connectivity index (χ2v) is 7.67. The van der Waals surface area contributed by atoms with Crippen LogP contribution in [0.4, 0.5) is 8.78 Å². The molecule has 1 aliphatic carbocycles. The first-order valence-corrected chi connectivity index (χ1v) is 8.49. The highest BCUT2D eigenvalue weighted by Crippen LogP contribution is 2.48. The molecule has 0 spiro atoms. The summed E-state index contributed by atoms with van der Waals surface area (Å²) in [5, 5.41) is 0. The molecule has 3 rings (SSSR count). The molecule has 4 nitrogen and oxygen atoms in total. The smallest absolute Gasteiger partial charge is 0.315 e. The normalized spacial score (nSPS) is 24.8. The number of methoxy groups -OCH3 is 1. The van der Waals surface area contributed by atoms with Crippen molar-refractivity contribution in [2.75, 3.05) is 7.11 Å². The predicted molar refractivity (Wildman–Crippen MR) is 92.8 cm³/mol. The molecule has 0 radical (unpaired) electrons. The largest absolute Gasteiger partial charge is 0.468 e. The number of hydrogen-bond donors (Lipinski definition) is 0. The minimum absolute atomic E-state index is 0.228. The number of hydrogen-bond acceptors (Lipinski definition) is 4. The molecular formula is C20H21F2NO3. The number of halogens is 2. The van der Waals surface area contributed by atoms with Gasteiger partial charge in [0.05, 0.1) is 7.11 Å². The zero-order valence-corrected chi connectivity index (χ0v) is 15.2. The number of esters is 1. The van der Waals surface area contributed by atoms with Gasteiger partial charge in [-0.15, -0.1) is 0 Å². The Morgan fingerprint density at radius 3 is 2.42 bits per heavy atom. The fourth-order valence-electron chi connectivity index (χ4n) is 4.00. The fourth-order valence-corrected chi connectivity index (χ4v) is 4.00. The number of ketones is 1. The van der Waals surface area contributed by atoms with Crippen molar-refractivity contribution in [2.24, 2.45) is 16.3 Å². The maximum Gasteiger partial charge on any atom is 0.315 e. The van der Waals surface area contributed by atoms with E-state index in [-0.39, 0.29) is 28.8 Å². The Kier molecular flexibility index (Phi) is 4.54. The lowest BCUT2D eigenvalue weighted by Gasteiger charge is -2.38. The molecule has 0 fully saturated rings. The van der Waals surface area contributed by atoms with Gasteiger partial charge in [-0.25, -0.2) is 8.78 Å². The van der Waals surface area contributed by atoms with Gasteiger partial charge < -0.3 is 4.74 Å². The van der Waals surface area contributed by atoms with Gasteiger partial charge in [-0.3, -0.25) is 14.6 Å². The van der Waals surface area contributed by atoms with Crippen molar-refractivity contribution in [3.05, 3.63) is 46.7 Å². The van der Waals surface area contributed by atoms with Gasteiger partial charge in [-0.2, -0.15) is 0 Å². The minimum Gasteiger partial charge on any atom is -0.468 e.